The Morgan fingerprint density at radius 1 is 0.957 bits per heavy atom. The lowest BCUT2D eigenvalue weighted by molar-refractivity contribution is 0.415. The lowest BCUT2D eigenvalue weighted by Gasteiger charge is -2.03. The Morgan fingerprint density at radius 2 is 1.74 bits per heavy atom. The van der Waals surface area contributed by atoms with Crippen LogP contribution in [0.4, 0.5) is 11.4 Å². The van der Waals surface area contributed by atoms with Crippen LogP contribution in [-0.2, 0) is 0 Å². The summed E-state index contributed by atoms with van der Waals surface area (Å²) in [5.41, 5.74) is 5.79. The number of rotatable bonds is 3. The van der Waals surface area contributed by atoms with Crippen LogP contribution in [0.2, 0.25) is 19.6 Å². The van der Waals surface area contributed by atoms with Crippen LogP contribution in [0.3, 0.4) is 0 Å². The van der Waals surface area contributed by atoms with E-state index in [0.717, 1.165) is 22.7 Å². The van der Waals surface area contributed by atoms with Crippen LogP contribution in [0.15, 0.2) is 58.5 Å². The van der Waals surface area contributed by atoms with Crippen LogP contribution in [0.25, 0.3) is 0 Å². The molecule has 116 valence electrons. The van der Waals surface area contributed by atoms with Crippen LogP contribution in [0, 0.1) is 11.5 Å². The first-order valence-electron chi connectivity index (χ1n) is 7.41. The van der Waals surface area contributed by atoms with E-state index in [4.69, 9.17) is 4.74 Å². The van der Waals surface area contributed by atoms with Gasteiger partial charge in [0, 0.05) is 6.07 Å². The van der Waals surface area contributed by atoms with E-state index in [9.17, 15) is 0 Å². The molecule has 0 aromatic heterocycles. The normalized spacial score (nSPS) is 10.1. The molecule has 0 N–H and O–H groups in total. The zero-order valence-corrected chi connectivity index (χ0v) is 14.9. The zero-order chi connectivity index (χ0) is 16.7. The molecule has 2 aromatic rings. The Kier molecular flexibility index (Phi) is 5.54. The monoisotopic (exact) mass is 320 g/mol. The Morgan fingerprint density at radius 3 is 2.48 bits per heavy atom. The maximum absolute atomic E-state index is 5.17. The van der Waals surface area contributed by atoms with Gasteiger partial charge in [0.25, 0.3) is 0 Å². The van der Waals surface area contributed by atoms with Crippen molar-refractivity contribution < 1.29 is 4.74 Å². The molecule has 0 fully saturated rings. The standard InChI is InChI=1S/C19H20N2OSi/c1-22-18-10-7-9-17(14-18)20-15-21-19-11-6-5-8-16(19)12-13-23(2,3)4/h5-11,14H,1-4H3. The van der Waals surface area contributed by atoms with Crippen molar-refractivity contribution in [3.63, 3.8) is 0 Å². The predicted octanol–water partition coefficient (Wildman–Crippen LogP) is 5.06. The lowest BCUT2D eigenvalue weighted by Crippen LogP contribution is -2.16. The second-order valence-corrected chi connectivity index (χ2v) is 10.8. The molecule has 0 amide bonds. The van der Waals surface area contributed by atoms with Gasteiger partial charge in [0.05, 0.1) is 24.0 Å². The number of methoxy groups -OCH3 is 1. The third-order valence-corrected chi connectivity index (χ3v) is 3.75. The molecule has 0 saturated heterocycles. The number of hydrogen-bond acceptors (Lipinski definition) is 3. The summed E-state index contributed by atoms with van der Waals surface area (Å²) in [6.45, 7) is 6.66. The van der Waals surface area contributed by atoms with Gasteiger partial charge in [-0.3, -0.25) is 0 Å². The van der Waals surface area contributed by atoms with Gasteiger partial charge in [-0.05, 0) is 24.3 Å². The zero-order valence-electron chi connectivity index (χ0n) is 13.9. The molecule has 2 rings (SSSR count). The quantitative estimate of drug-likeness (QED) is 0.442. The van der Waals surface area contributed by atoms with Gasteiger partial charge >= 0.3 is 0 Å². The molecule has 0 heterocycles. The van der Waals surface area contributed by atoms with Gasteiger partial charge in [-0.2, -0.15) is 9.98 Å². The highest BCUT2D eigenvalue weighted by molar-refractivity contribution is 6.83. The average molecular weight is 320 g/mol. The van der Waals surface area contributed by atoms with Crippen molar-refractivity contribution in [2.75, 3.05) is 7.11 Å². The Bertz CT molecular complexity index is 804. The molecular formula is C19H20N2OSi. The van der Waals surface area contributed by atoms with Gasteiger partial charge in [0.15, 0.2) is 0 Å². The summed E-state index contributed by atoms with van der Waals surface area (Å²) in [7, 11) is 0.211. The van der Waals surface area contributed by atoms with E-state index in [-0.39, 0.29) is 0 Å². The minimum absolute atomic E-state index is 0.749. The smallest absolute Gasteiger partial charge is 0.129 e. The first-order chi connectivity index (χ1) is 11.0. The Hall–Kier alpha value is -2.60. The maximum Gasteiger partial charge on any atom is 0.129 e. The van der Waals surface area contributed by atoms with E-state index >= 15 is 0 Å². The van der Waals surface area contributed by atoms with Gasteiger partial charge in [-0.1, -0.05) is 43.8 Å². The SMILES string of the molecule is COc1cccc(N=C=Nc2ccccc2C#C[Si](C)(C)C)c1. The summed E-state index contributed by atoms with van der Waals surface area (Å²) >= 11 is 0. The van der Waals surface area contributed by atoms with Crippen LogP contribution in [-0.4, -0.2) is 21.2 Å². The number of aliphatic imine (C=N–C) groups is 2. The molecule has 23 heavy (non-hydrogen) atoms. The van der Waals surface area contributed by atoms with Crippen molar-refractivity contribution in [3.8, 4) is 17.2 Å². The molecular weight excluding hydrogens is 300 g/mol. The second kappa shape index (κ2) is 7.60. The minimum atomic E-state index is -1.42. The molecule has 0 atom stereocenters. The third kappa shape index (κ3) is 5.59. The Labute approximate surface area is 138 Å². The molecule has 0 aliphatic heterocycles. The average Bonchev–Trinajstić information content (AvgIpc) is 2.53. The molecule has 4 heteroatoms. The highest BCUT2D eigenvalue weighted by Crippen LogP contribution is 2.20. The van der Waals surface area contributed by atoms with Gasteiger partial charge in [-0.25, -0.2) is 0 Å². The minimum Gasteiger partial charge on any atom is -0.497 e. The molecule has 0 saturated carbocycles. The van der Waals surface area contributed by atoms with Crippen LogP contribution in [0.5, 0.6) is 5.75 Å². The van der Waals surface area contributed by atoms with E-state index in [1.54, 1.807) is 7.11 Å². The van der Waals surface area contributed by atoms with Crippen LogP contribution < -0.4 is 4.74 Å². The predicted molar refractivity (Wildman–Crippen MR) is 98.8 cm³/mol. The molecule has 0 spiro atoms. The van der Waals surface area contributed by atoms with E-state index in [2.05, 4.69) is 47.1 Å². The first kappa shape index (κ1) is 16.8. The van der Waals surface area contributed by atoms with E-state index < -0.39 is 8.07 Å². The number of ether oxygens (including phenoxy) is 1. The van der Waals surface area contributed by atoms with Crippen molar-refractivity contribution in [1.82, 2.24) is 0 Å². The summed E-state index contributed by atoms with van der Waals surface area (Å²) < 4.78 is 5.17. The fourth-order valence-corrected chi connectivity index (χ4v) is 2.26. The number of para-hydroxylation sites is 1. The van der Waals surface area contributed by atoms with E-state index in [1.807, 2.05) is 48.5 Å². The summed E-state index contributed by atoms with van der Waals surface area (Å²) in [5, 5.41) is 0. The summed E-state index contributed by atoms with van der Waals surface area (Å²) in [5.74, 6) is 4.00. The molecule has 3 nitrogen and oxygen atoms in total. The molecule has 0 radical (unpaired) electrons. The molecule has 0 aliphatic rings. The van der Waals surface area contributed by atoms with Crippen molar-refractivity contribution in [2.45, 2.75) is 19.6 Å². The van der Waals surface area contributed by atoms with Crippen molar-refractivity contribution in [2.24, 2.45) is 9.98 Å². The molecule has 0 aliphatic carbocycles. The van der Waals surface area contributed by atoms with Crippen molar-refractivity contribution >= 4 is 25.5 Å². The first-order valence-corrected chi connectivity index (χ1v) is 10.9. The van der Waals surface area contributed by atoms with Crippen LogP contribution in [0.1, 0.15) is 5.56 Å². The van der Waals surface area contributed by atoms with Crippen LogP contribution >= 0.6 is 0 Å². The fraction of sp³-hybridized carbons (Fsp3) is 0.211. The van der Waals surface area contributed by atoms with Gasteiger partial charge in [0.2, 0.25) is 0 Å². The largest absolute Gasteiger partial charge is 0.497 e. The number of nitrogens with zero attached hydrogens (tertiary/aromatic N) is 2. The second-order valence-electron chi connectivity index (χ2n) is 6.04. The fourth-order valence-electron chi connectivity index (χ4n) is 1.75. The number of benzene rings is 2. The van der Waals surface area contributed by atoms with E-state index in [1.165, 1.54) is 0 Å². The van der Waals surface area contributed by atoms with E-state index in [0.29, 0.717) is 0 Å². The van der Waals surface area contributed by atoms with Gasteiger partial charge in [0.1, 0.15) is 19.8 Å². The highest BCUT2D eigenvalue weighted by Gasteiger charge is 2.07. The summed E-state index contributed by atoms with van der Waals surface area (Å²) in [6, 6.07) is 18.0. The third-order valence-electron chi connectivity index (χ3n) is 2.88. The molecule has 0 unspecified atom stereocenters. The van der Waals surface area contributed by atoms with Gasteiger partial charge in [-0.15, -0.1) is 5.54 Å². The summed E-state index contributed by atoms with van der Waals surface area (Å²) in [6.07, 6.45) is 0. The topological polar surface area (TPSA) is 34.0 Å². The molecule has 0 bridgehead atoms. The highest BCUT2D eigenvalue weighted by atomic mass is 28.3. The molecule has 2 aromatic carbocycles. The maximum atomic E-state index is 5.17. The summed E-state index contributed by atoms with van der Waals surface area (Å²) in [4.78, 5) is 8.54. The van der Waals surface area contributed by atoms with Crippen molar-refractivity contribution in [1.29, 1.82) is 0 Å². The van der Waals surface area contributed by atoms with Gasteiger partial charge < -0.3 is 4.74 Å². The lowest BCUT2D eigenvalue weighted by atomic mass is 10.2. The number of hydrogen-bond donors (Lipinski definition) is 0. The van der Waals surface area contributed by atoms with Crippen molar-refractivity contribution in [3.05, 3.63) is 54.1 Å². The Balaban J connectivity index is 2.28.